The topological polar surface area (TPSA) is 54.5 Å². The van der Waals surface area contributed by atoms with E-state index in [0.717, 1.165) is 57.9 Å². The molecular weight excluding hydrogens is 419 g/mol. The second-order valence-corrected chi connectivity index (χ2v) is 10.2. The number of halogens is 3. The van der Waals surface area contributed by atoms with E-state index in [9.17, 15) is 18.0 Å². The van der Waals surface area contributed by atoms with Gasteiger partial charge in [0.25, 0.3) is 0 Å². The summed E-state index contributed by atoms with van der Waals surface area (Å²) in [6, 6.07) is 1.91. The van der Waals surface area contributed by atoms with Crippen LogP contribution in [0.15, 0.2) is 12.3 Å². The Hall–Kier alpha value is -1.67. The van der Waals surface area contributed by atoms with Gasteiger partial charge in [0.2, 0.25) is 5.91 Å². The summed E-state index contributed by atoms with van der Waals surface area (Å²) >= 11 is 0. The first-order chi connectivity index (χ1) is 15.2. The van der Waals surface area contributed by atoms with E-state index in [-0.39, 0.29) is 12.5 Å². The lowest BCUT2D eigenvalue weighted by molar-refractivity contribution is -0.144. The molecule has 0 aromatic carbocycles. The maximum Gasteiger partial charge on any atom is 0.417 e. The number of carbonyl (C=O) groups excluding carboxylic acids is 1. The van der Waals surface area contributed by atoms with Crippen LogP contribution in [0.2, 0.25) is 0 Å². The highest BCUT2D eigenvalue weighted by Crippen LogP contribution is 2.46. The standard InChI is InChI=1S/C24H34F3N3O2/c1-16(2)12-23(7-3-20(13-23)29-19-5-9-32-10-6-19)22(31)30-8-4-21-17(15-30)11-18(14-28-21)24(25,26)27/h11,14,16,19-20,29H,3-10,12-13,15H2,1-2H3/t20-,23-/m1/s1. The van der Waals surface area contributed by atoms with Gasteiger partial charge in [0.05, 0.1) is 11.0 Å². The number of ether oxygens (including phenoxy) is 1. The Morgan fingerprint density at radius 2 is 2.03 bits per heavy atom. The molecule has 0 unspecified atom stereocenters. The third-order valence-electron chi connectivity index (χ3n) is 7.21. The summed E-state index contributed by atoms with van der Waals surface area (Å²) in [6.07, 6.45) is 2.36. The summed E-state index contributed by atoms with van der Waals surface area (Å²) in [7, 11) is 0. The minimum atomic E-state index is -4.43. The minimum absolute atomic E-state index is 0.102. The van der Waals surface area contributed by atoms with Gasteiger partial charge in [-0.05, 0) is 56.1 Å². The molecule has 8 heteroatoms. The van der Waals surface area contributed by atoms with Gasteiger partial charge in [0.1, 0.15) is 0 Å². The Bertz CT molecular complexity index is 823. The molecular formula is C24H34F3N3O2. The van der Waals surface area contributed by atoms with Crippen LogP contribution in [0.5, 0.6) is 0 Å². The molecule has 2 aliphatic heterocycles. The van der Waals surface area contributed by atoms with Crippen LogP contribution < -0.4 is 5.32 Å². The summed E-state index contributed by atoms with van der Waals surface area (Å²) < 4.78 is 44.9. The van der Waals surface area contributed by atoms with Crippen molar-refractivity contribution in [1.82, 2.24) is 15.2 Å². The first kappa shape index (κ1) is 23.5. The van der Waals surface area contributed by atoms with Crippen molar-refractivity contribution in [2.45, 2.75) is 83.6 Å². The molecule has 1 aromatic rings. The summed E-state index contributed by atoms with van der Waals surface area (Å²) in [4.78, 5) is 19.6. The quantitative estimate of drug-likeness (QED) is 0.721. The molecule has 178 valence electrons. The molecule has 2 atom stereocenters. The van der Waals surface area contributed by atoms with Gasteiger partial charge in [-0.25, -0.2) is 0 Å². The van der Waals surface area contributed by atoms with Crippen molar-refractivity contribution in [1.29, 1.82) is 0 Å². The van der Waals surface area contributed by atoms with Gasteiger partial charge in [-0.15, -0.1) is 0 Å². The lowest BCUT2D eigenvalue weighted by Crippen LogP contribution is -2.47. The third kappa shape index (κ3) is 5.11. The molecule has 4 rings (SSSR count). The molecule has 0 spiro atoms. The fraction of sp³-hybridized carbons (Fsp3) is 0.750. The van der Waals surface area contributed by atoms with E-state index in [2.05, 4.69) is 24.1 Å². The van der Waals surface area contributed by atoms with Crippen LogP contribution in [-0.2, 0) is 28.7 Å². The second kappa shape index (κ2) is 9.29. The van der Waals surface area contributed by atoms with Gasteiger partial charge in [0, 0.05) is 56.7 Å². The lowest BCUT2D eigenvalue weighted by atomic mass is 9.76. The van der Waals surface area contributed by atoms with Gasteiger partial charge in [0.15, 0.2) is 0 Å². The van der Waals surface area contributed by atoms with Crippen molar-refractivity contribution in [3.8, 4) is 0 Å². The van der Waals surface area contributed by atoms with E-state index >= 15 is 0 Å². The molecule has 0 bridgehead atoms. The summed E-state index contributed by atoms with van der Waals surface area (Å²) in [5, 5.41) is 3.76. The van der Waals surface area contributed by atoms with E-state index in [0.29, 0.717) is 42.2 Å². The van der Waals surface area contributed by atoms with Crippen molar-refractivity contribution >= 4 is 5.91 Å². The fourth-order valence-corrected chi connectivity index (χ4v) is 5.80. The normalized spacial score (nSPS) is 27.1. The summed E-state index contributed by atoms with van der Waals surface area (Å²) in [5.74, 6) is 0.474. The van der Waals surface area contributed by atoms with E-state index < -0.39 is 17.2 Å². The van der Waals surface area contributed by atoms with Crippen LogP contribution in [0.3, 0.4) is 0 Å². The molecule has 0 radical (unpaired) electrons. The number of nitrogens with zero attached hydrogens (tertiary/aromatic N) is 2. The van der Waals surface area contributed by atoms with Gasteiger partial charge in [-0.2, -0.15) is 13.2 Å². The number of rotatable bonds is 5. The van der Waals surface area contributed by atoms with Crippen molar-refractivity contribution in [3.05, 3.63) is 29.1 Å². The molecule has 3 heterocycles. The van der Waals surface area contributed by atoms with Crippen LogP contribution in [0.25, 0.3) is 0 Å². The number of amides is 1. The van der Waals surface area contributed by atoms with Crippen LogP contribution in [0.4, 0.5) is 13.2 Å². The number of pyridine rings is 1. The van der Waals surface area contributed by atoms with Crippen molar-refractivity contribution in [3.63, 3.8) is 0 Å². The number of aromatic nitrogens is 1. The molecule has 1 amide bonds. The van der Waals surface area contributed by atoms with Crippen molar-refractivity contribution in [2.24, 2.45) is 11.3 Å². The molecule has 2 fully saturated rings. The molecule has 1 aromatic heterocycles. The first-order valence-corrected chi connectivity index (χ1v) is 11.8. The molecule has 32 heavy (non-hydrogen) atoms. The Labute approximate surface area is 188 Å². The third-order valence-corrected chi connectivity index (χ3v) is 7.21. The minimum Gasteiger partial charge on any atom is -0.381 e. The monoisotopic (exact) mass is 453 g/mol. The zero-order chi connectivity index (χ0) is 22.9. The number of fused-ring (bicyclic) bond motifs is 1. The van der Waals surface area contributed by atoms with Crippen LogP contribution >= 0.6 is 0 Å². The van der Waals surface area contributed by atoms with Crippen LogP contribution in [0.1, 0.15) is 69.2 Å². The van der Waals surface area contributed by atoms with Crippen molar-refractivity contribution < 1.29 is 22.7 Å². The lowest BCUT2D eigenvalue weighted by Gasteiger charge is -2.38. The van der Waals surface area contributed by atoms with E-state index in [4.69, 9.17) is 4.74 Å². The van der Waals surface area contributed by atoms with Crippen LogP contribution in [0, 0.1) is 11.3 Å². The molecule has 1 saturated carbocycles. The maximum absolute atomic E-state index is 13.8. The molecule has 1 aliphatic carbocycles. The molecule has 1 saturated heterocycles. The molecule has 3 aliphatic rings. The van der Waals surface area contributed by atoms with Crippen LogP contribution in [-0.4, -0.2) is 47.6 Å². The second-order valence-electron chi connectivity index (χ2n) is 10.2. The SMILES string of the molecule is CC(C)C[C@]1(C(=O)N2CCc3ncc(C(F)(F)F)cc3C2)CC[C@@H](NC2CCOCC2)C1. The Morgan fingerprint density at radius 3 is 2.72 bits per heavy atom. The summed E-state index contributed by atoms with van der Waals surface area (Å²) in [6.45, 7) is 6.56. The fourth-order valence-electron chi connectivity index (χ4n) is 5.80. The Kier molecular flexibility index (Phi) is 6.82. The van der Waals surface area contributed by atoms with Gasteiger partial charge in [-0.3, -0.25) is 9.78 Å². The van der Waals surface area contributed by atoms with Gasteiger partial charge < -0.3 is 15.0 Å². The first-order valence-electron chi connectivity index (χ1n) is 11.8. The predicted octanol–water partition coefficient (Wildman–Crippen LogP) is 4.34. The van der Waals surface area contributed by atoms with E-state index in [1.54, 1.807) is 4.90 Å². The highest BCUT2D eigenvalue weighted by Gasteiger charge is 2.48. The number of hydrogen-bond donors (Lipinski definition) is 1. The molecule has 1 N–H and O–H groups in total. The van der Waals surface area contributed by atoms with Gasteiger partial charge in [-0.1, -0.05) is 13.8 Å². The van der Waals surface area contributed by atoms with Crippen molar-refractivity contribution in [2.75, 3.05) is 19.8 Å². The largest absolute Gasteiger partial charge is 0.417 e. The number of carbonyl (C=O) groups is 1. The zero-order valence-corrected chi connectivity index (χ0v) is 19.0. The number of alkyl halides is 3. The van der Waals surface area contributed by atoms with E-state index in [1.165, 1.54) is 6.07 Å². The highest BCUT2D eigenvalue weighted by atomic mass is 19.4. The number of hydrogen-bond acceptors (Lipinski definition) is 4. The molecule has 5 nitrogen and oxygen atoms in total. The average molecular weight is 454 g/mol. The smallest absolute Gasteiger partial charge is 0.381 e. The highest BCUT2D eigenvalue weighted by molar-refractivity contribution is 5.83. The Balaban J connectivity index is 1.49. The summed E-state index contributed by atoms with van der Waals surface area (Å²) in [5.41, 5.74) is 0.00676. The maximum atomic E-state index is 13.8. The number of nitrogens with one attached hydrogen (secondary N) is 1. The van der Waals surface area contributed by atoms with Gasteiger partial charge >= 0.3 is 6.18 Å². The predicted molar refractivity (Wildman–Crippen MR) is 115 cm³/mol. The van der Waals surface area contributed by atoms with E-state index in [1.807, 2.05) is 0 Å². The zero-order valence-electron chi connectivity index (χ0n) is 19.0. The average Bonchev–Trinajstić information content (AvgIpc) is 3.15. The Morgan fingerprint density at radius 1 is 1.28 bits per heavy atom.